The van der Waals surface area contributed by atoms with Crippen molar-refractivity contribution in [2.45, 2.75) is 4.90 Å². The molecule has 174 valence electrons. The number of carbonyl (C=O) groups excluding carboxylic acids is 2. The van der Waals surface area contributed by atoms with Crippen LogP contribution in [0.2, 0.25) is 0 Å². The molecular formula is C26H17NO7S. The molecule has 4 aromatic carbocycles. The van der Waals surface area contributed by atoms with Gasteiger partial charge in [-0.25, -0.2) is 0 Å². The second-order valence-corrected chi connectivity index (χ2v) is 9.23. The monoisotopic (exact) mass is 487 g/mol. The van der Waals surface area contributed by atoms with Gasteiger partial charge in [0.05, 0.1) is 16.8 Å². The quantitative estimate of drug-likeness (QED) is 0.213. The molecule has 0 aliphatic heterocycles. The first-order valence-electron chi connectivity index (χ1n) is 10.4. The van der Waals surface area contributed by atoms with Crippen molar-refractivity contribution in [1.29, 1.82) is 0 Å². The third kappa shape index (κ3) is 3.87. The number of nitrogens with two attached hydrogens (primary N) is 1. The number of carbonyl (C=O) groups is 2. The Morgan fingerprint density at radius 3 is 1.91 bits per heavy atom. The van der Waals surface area contributed by atoms with E-state index in [1.165, 1.54) is 48.5 Å². The number of hydrogen-bond donors (Lipinski definition) is 2. The summed E-state index contributed by atoms with van der Waals surface area (Å²) in [6, 6.07) is 20.8. The van der Waals surface area contributed by atoms with Crippen molar-refractivity contribution in [1.82, 2.24) is 0 Å². The fourth-order valence-electron chi connectivity index (χ4n) is 3.81. The first-order chi connectivity index (χ1) is 16.8. The van der Waals surface area contributed by atoms with E-state index in [9.17, 15) is 23.1 Å². The Bertz CT molecular complexity index is 1600. The van der Waals surface area contributed by atoms with Crippen molar-refractivity contribution in [2.24, 2.45) is 0 Å². The minimum Gasteiger partial charge on any atom is -0.507 e. The highest BCUT2D eigenvalue weighted by Gasteiger charge is 2.35. The maximum atomic E-state index is 13.1. The van der Waals surface area contributed by atoms with Crippen LogP contribution in [0.3, 0.4) is 0 Å². The predicted octanol–water partition coefficient (Wildman–Crippen LogP) is 4.31. The van der Waals surface area contributed by atoms with Gasteiger partial charge in [0.25, 0.3) is 0 Å². The van der Waals surface area contributed by atoms with E-state index >= 15 is 0 Å². The van der Waals surface area contributed by atoms with Gasteiger partial charge >= 0.3 is 10.1 Å². The molecule has 4 aromatic rings. The first kappa shape index (κ1) is 22.2. The van der Waals surface area contributed by atoms with Crippen molar-refractivity contribution < 1.29 is 32.0 Å². The Balaban J connectivity index is 1.45. The number of para-hydroxylation sites is 1. The predicted molar refractivity (Wildman–Crippen MR) is 127 cm³/mol. The lowest BCUT2D eigenvalue weighted by Gasteiger charge is -2.21. The standard InChI is InChI=1S/C26H17NO7S/c27-24-21(14-20(28)22-23(24)26(30)19-9-5-4-8-18(19)25(22)29)33-15-10-12-17(13-11-15)35(31,32)34-16-6-2-1-3-7-16/h1-14,28H,27H2. The number of phenolic OH excluding ortho intramolecular Hbond substituents is 1. The number of fused-ring (bicyclic) bond motifs is 2. The lowest BCUT2D eigenvalue weighted by molar-refractivity contribution is 0.0977. The summed E-state index contributed by atoms with van der Waals surface area (Å²) < 4.78 is 35.9. The zero-order chi connectivity index (χ0) is 24.7. The van der Waals surface area contributed by atoms with Gasteiger partial charge < -0.3 is 19.8 Å². The number of hydrogen-bond acceptors (Lipinski definition) is 8. The van der Waals surface area contributed by atoms with E-state index in [4.69, 9.17) is 14.7 Å². The number of phenols is 1. The lowest BCUT2D eigenvalue weighted by atomic mass is 9.82. The number of benzene rings is 4. The van der Waals surface area contributed by atoms with Crippen LogP contribution in [0.5, 0.6) is 23.0 Å². The molecule has 0 radical (unpaired) electrons. The molecule has 0 atom stereocenters. The SMILES string of the molecule is Nc1c(Oc2ccc(S(=O)(=O)Oc3ccccc3)cc2)cc(O)c2c1C(=O)c1ccccc1C2=O. The number of rotatable bonds is 5. The van der Waals surface area contributed by atoms with Gasteiger partial charge in [-0.3, -0.25) is 9.59 Å². The van der Waals surface area contributed by atoms with Crippen molar-refractivity contribution >= 4 is 27.4 Å². The average Bonchev–Trinajstić information content (AvgIpc) is 2.85. The molecule has 3 N–H and O–H groups in total. The molecule has 9 heteroatoms. The highest BCUT2D eigenvalue weighted by atomic mass is 32.2. The average molecular weight is 487 g/mol. The van der Waals surface area contributed by atoms with Gasteiger partial charge in [0, 0.05) is 17.2 Å². The summed E-state index contributed by atoms with van der Waals surface area (Å²) in [7, 11) is -4.07. The summed E-state index contributed by atoms with van der Waals surface area (Å²) in [6.07, 6.45) is 0. The van der Waals surface area contributed by atoms with Gasteiger partial charge in [0.1, 0.15) is 22.1 Å². The van der Waals surface area contributed by atoms with Gasteiger partial charge in [-0.2, -0.15) is 8.42 Å². The highest BCUT2D eigenvalue weighted by Crippen LogP contribution is 2.42. The Kier molecular flexibility index (Phi) is 5.26. The normalized spacial score (nSPS) is 12.6. The molecule has 0 saturated heterocycles. The van der Waals surface area contributed by atoms with Gasteiger partial charge in [-0.1, -0.05) is 42.5 Å². The van der Waals surface area contributed by atoms with Crippen molar-refractivity contribution in [3.05, 3.63) is 107 Å². The number of ketones is 2. The first-order valence-corrected chi connectivity index (χ1v) is 11.8. The molecule has 0 heterocycles. The van der Waals surface area contributed by atoms with Gasteiger partial charge in [0.15, 0.2) is 17.3 Å². The second-order valence-electron chi connectivity index (χ2n) is 7.69. The van der Waals surface area contributed by atoms with Crippen molar-refractivity contribution in [2.75, 3.05) is 5.73 Å². The summed E-state index contributed by atoms with van der Waals surface area (Å²) in [5.74, 6) is -1.17. The number of ether oxygens (including phenoxy) is 1. The molecule has 1 aliphatic rings. The van der Waals surface area contributed by atoms with Crippen LogP contribution in [-0.4, -0.2) is 25.1 Å². The molecule has 1 aliphatic carbocycles. The zero-order valence-electron chi connectivity index (χ0n) is 18.0. The van der Waals surface area contributed by atoms with Crippen LogP contribution < -0.4 is 14.7 Å². The Labute approximate surface area is 200 Å². The van der Waals surface area contributed by atoms with Gasteiger partial charge in [0.2, 0.25) is 0 Å². The number of anilines is 1. The van der Waals surface area contributed by atoms with Crippen LogP contribution in [0.1, 0.15) is 31.8 Å². The van der Waals surface area contributed by atoms with Crippen LogP contribution in [0, 0.1) is 0 Å². The molecule has 0 saturated carbocycles. The highest BCUT2D eigenvalue weighted by molar-refractivity contribution is 7.87. The van der Waals surface area contributed by atoms with E-state index in [1.807, 2.05) is 0 Å². The number of nitrogen functional groups attached to an aromatic ring is 1. The van der Waals surface area contributed by atoms with Crippen LogP contribution >= 0.6 is 0 Å². The fraction of sp³-hybridized carbons (Fsp3) is 0. The maximum Gasteiger partial charge on any atom is 0.339 e. The van der Waals surface area contributed by atoms with Crippen molar-refractivity contribution in [3.8, 4) is 23.0 Å². The molecule has 5 rings (SSSR count). The smallest absolute Gasteiger partial charge is 0.339 e. The molecule has 0 bridgehead atoms. The van der Waals surface area contributed by atoms with Gasteiger partial charge in [-0.05, 0) is 36.4 Å². The van der Waals surface area contributed by atoms with E-state index < -0.39 is 27.4 Å². The molecule has 0 amide bonds. The van der Waals surface area contributed by atoms with E-state index in [0.29, 0.717) is 0 Å². The zero-order valence-corrected chi connectivity index (χ0v) is 18.8. The Morgan fingerprint density at radius 1 is 0.714 bits per heavy atom. The van der Waals surface area contributed by atoms with Crippen LogP contribution in [0.4, 0.5) is 5.69 Å². The lowest BCUT2D eigenvalue weighted by Crippen LogP contribution is -2.22. The largest absolute Gasteiger partial charge is 0.507 e. The maximum absolute atomic E-state index is 13.1. The fourth-order valence-corrected chi connectivity index (χ4v) is 4.74. The minimum atomic E-state index is -4.07. The third-order valence-electron chi connectivity index (χ3n) is 5.47. The van der Waals surface area contributed by atoms with Crippen LogP contribution in [-0.2, 0) is 10.1 Å². The van der Waals surface area contributed by atoms with Crippen molar-refractivity contribution in [3.63, 3.8) is 0 Å². The van der Waals surface area contributed by atoms with Crippen LogP contribution in [0.15, 0.2) is 89.8 Å². The molecular weight excluding hydrogens is 470 g/mol. The molecule has 0 spiro atoms. The van der Waals surface area contributed by atoms with E-state index in [-0.39, 0.29) is 50.1 Å². The molecule has 35 heavy (non-hydrogen) atoms. The summed E-state index contributed by atoms with van der Waals surface area (Å²) in [6.45, 7) is 0. The van der Waals surface area contributed by atoms with E-state index in [0.717, 1.165) is 6.07 Å². The molecule has 0 unspecified atom stereocenters. The van der Waals surface area contributed by atoms with Crippen LogP contribution in [0.25, 0.3) is 0 Å². The number of aromatic hydroxyl groups is 1. The summed E-state index contributed by atoms with van der Waals surface area (Å²) in [5.41, 5.74) is 6.12. The summed E-state index contributed by atoms with van der Waals surface area (Å²) >= 11 is 0. The molecule has 8 nitrogen and oxygen atoms in total. The molecule has 0 aromatic heterocycles. The topological polar surface area (TPSA) is 133 Å². The Hall–Kier alpha value is -4.63. The Morgan fingerprint density at radius 2 is 1.29 bits per heavy atom. The second kappa shape index (κ2) is 8.30. The summed E-state index contributed by atoms with van der Waals surface area (Å²) in [5, 5.41) is 10.5. The molecule has 0 fully saturated rings. The summed E-state index contributed by atoms with van der Waals surface area (Å²) in [4.78, 5) is 25.8. The van der Waals surface area contributed by atoms with Gasteiger partial charge in [-0.15, -0.1) is 0 Å². The third-order valence-corrected chi connectivity index (χ3v) is 6.73. The van der Waals surface area contributed by atoms with E-state index in [2.05, 4.69) is 0 Å². The minimum absolute atomic E-state index is 0.0575. The van der Waals surface area contributed by atoms with E-state index in [1.54, 1.807) is 30.3 Å².